The van der Waals surface area contributed by atoms with Crippen molar-refractivity contribution in [2.45, 2.75) is 25.7 Å². The van der Waals surface area contributed by atoms with Crippen LogP contribution in [-0.4, -0.2) is 23.3 Å². The van der Waals surface area contributed by atoms with Gasteiger partial charge in [-0.15, -0.1) is 0 Å². The number of benzene rings is 3. The number of carbonyl (C=O) groups is 1. The van der Waals surface area contributed by atoms with Gasteiger partial charge in [0, 0.05) is 9.50 Å². The highest BCUT2D eigenvalue weighted by Gasteiger charge is 2.45. The standard InChI is InChI=1S/C30H19Br2ClF3IN2O4S/c1-2-42-28(41)23-24(17-5-9-19(33)10-6-17)39-27(40)22(44-29(39)38-26(23)30(34,35)36)13-16-11-20(32)25(21(37)12-16)43-14-15-3-7-18(31)8-4-15/h3-13,24H,2,14H2,1H3/b22-13-/t24-/m1/s1. The van der Waals surface area contributed by atoms with Gasteiger partial charge >= 0.3 is 12.1 Å². The van der Waals surface area contributed by atoms with Crippen molar-refractivity contribution in [2.24, 2.45) is 4.99 Å². The first kappa shape index (κ1) is 32.9. The van der Waals surface area contributed by atoms with Gasteiger partial charge in [-0.25, -0.2) is 9.79 Å². The normalized spacial score (nSPS) is 15.2. The number of ether oxygens (including phenoxy) is 2. The maximum absolute atomic E-state index is 14.3. The lowest BCUT2D eigenvalue weighted by Gasteiger charge is -2.26. The van der Waals surface area contributed by atoms with Gasteiger partial charge in [-0.2, -0.15) is 13.2 Å². The second-order valence-corrected chi connectivity index (χ2v) is 13.7. The van der Waals surface area contributed by atoms with Crippen molar-refractivity contribution in [1.29, 1.82) is 0 Å². The van der Waals surface area contributed by atoms with E-state index in [1.165, 1.54) is 31.2 Å². The van der Waals surface area contributed by atoms with E-state index in [0.29, 0.717) is 27.4 Å². The minimum absolute atomic E-state index is 0.126. The lowest BCUT2D eigenvalue weighted by Crippen LogP contribution is -2.41. The second-order valence-electron chi connectivity index (χ2n) is 9.34. The number of halogens is 7. The predicted octanol–water partition coefficient (Wildman–Crippen LogP) is 7.70. The summed E-state index contributed by atoms with van der Waals surface area (Å²) in [5.74, 6) is -0.612. The Kier molecular flexibility index (Phi) is 10.1. The van der Waals surface area contributed by atoms with E-state index in [-0.39, 0.29) is 21.5 Å². The first-order valence-corrected chi connectivity index (χ1v) is 16.6. The number of allylic oxidation sites excluding steroid dienone is 1. The Morgan fingerprint density at radius 1 is 1.14 bits per heavy atom. The summed E-state index contributed by atoms with van der Waals surface area (Å²) >= 11 is 15.9. The largest absolute Gasteiger partial charge is 0.487 e. The van der Waals surface area contributed by atoms with Crippen molar-refractivity contribution in [3.63, 3.8) is 0 Å². The number of hydrogen-bond acceptors (Lipinski definition) is 6. The number of alkyl halides is 3. The number of rotatable bonds is 7. The first-order valence-electron chi connectivity index (χ1n) is 12.8. The fraction of sp³-hybridized carbons (Fsp3) is 0.167. The Morgan fingerprint density at radius 2 is 1.82 bits per heavy atom. The monoisotopic (exact) mass is 880 g/mol. The SMILES string of the molecule is CCOC(=O)C1=C(C(F)(F)F)N=c2s/c(=C\c3cc(Br)c(OCc4ccc(Br)cc4)c(I)c3)c(=O)n2[C@@H]1c1ccc(Cl)cc1. The number of esters is 1. The van der Waals surface area contributed by atoms with Gasteiger partial charge in [-0.1, -0.05) is 63.1 Å². The number of nitrogens with zero attached hydrogens (tertiary/aromatic N) is 2. The lowest BCUT2D eigenvalue weighted by molar-refractivity contribution is -0.140. The molecule has 6 nitrogen and oxygen atoms in total. The molecular formula is C30H19Br2ClF3IN2O4S. The Morgan fingerprint density at radius 3 is 2.43 bits per heavy atom. The first-order chi connectivity index (χ1) is 20.9. The smallest absolute Gasteiger partial charge is 0.434 e. The lowest BCUT2D eigenvalue weighted by atomic mass is 9.95. The zero-order chi connectivity index (χ0) is 31.8. The summed E-state index contributed by atoms with van der Waals surface area (Å²) in [5.41, 5.74) is -0.980. The molecule has 4 aromatic rings. The van der Waals surface area contributed by atoms with E-state index < -0.39 is 35.0 Å². The zero-order valence-corrected chi connectivity index (χ0v) is 29.3. The molecule has 0 bridgehead atoms. The maximum Gasteiger partial charge on any atom is 0.434 e. The molecule has 1 aromatic heterocycles. The number of hydrogen-bond donors (Lipinski definition) is 0. The topological polar surface area (TPSA) is 69.9 Å². The van der Waals surface area contributed by atoms with Gasteiger partial charge in [-0.3, -0.25) is 9.36 Å². The molecular weight excluding hydrogens is 864 g/mol. The molecule has 0 fully saturated rings. The average Bonchev–Trinajstić information content (AvgIpc) is 3.27. The van der Waals surface area contributed by atoms with Crippen LogP contribution in [0.15, 0.2) is 90.7 Å². The molecule has 0 aliphatic carbocycles. The molecule has 0 saturated carbocycles. The highest BCUT2D eigenvalue weighted by Crippen LogP contribution is 2.38. The fourth-order valence-corrected chi connectivity index (χ4v) is 7.65. The number of fused-ring (bicyclic) bond motifs is 1. The van der Waals surface area contributed by atoms with Gasteiger partial charge < -0.3 is 9.47 Å². The molecule has 1 aliphatic heterocycles. The van der Waals surface area contributed by atoms with Crippen LogP contribution in [0.3, 0.4) is 0 Å². The molecule has 2 heterocycles. The van der Waals surface area contributed by atoms with Crippen LogP contribution in [0.4, 0.5) is 13.2 Å². The van der Waals surface area contributed by atoms with Crippen LogP contribution in [0.2, 0.25) is 5.02 Å². The zero-order valence-electron chi connectivity index (χ0n) is 22.4. The molecule has 0 spiro atoms. The van der Waals surface area contributed by atoms with Gasteiger partial charge in [-0.05, 0) is 105 Å². The molecule has 0 unspecified atom stereocenters. The Hall–Kier alpha value is -2.46. The molecule has 0 N–H and O–H groups in total. The van der Waals surface area contributed by atoms with E-state index >= 15 is 0 Å². The van der Waals surface area contributed by atoms with E-state index in [4.69, 9.17) is 21.1 Å². The minimum Gasteiger partial charge on any atom is -0.487 e. The summed E-state index contributed by atoms with van der Waals surface area (Å²) in [6.45, 7) is 1.64. The van der Waals surface area contributed by atoms with Gasteiger partial charge in [0.05, 0.1) is 30.8 Å². The molecule has 0 saturated heterocycles. The number of aromatic nitrogens is 1. The van der Waals surface area contributed by atoms with Crippen LogP contribution in [-0.2, 0) is 16.1 Å². The predicted molar refractivity (Wildman–Crippen MR) is 178 cm³/mol. The molecule has 228 valence electrons. The Labute approximate surface area is 288 Å². The van der Waals surface area contributed by atoms with Crippen molar-refractivity contribution in [2.75, 3.05) is 6.61 Å². The van der Waals surface area contributed by atoms with Gasteiger partial charge in [0.25, 0.3) is 5.56 Å². The minimum atomic E-state index is -4.99. The van der Waals surface area contributed by atoms with Crippen LogP contribution in [0.1, 0.15) is 29.7 Å². The average molecular weight is 883 g/mol. The van der Waals surface area contributed by atoms with Crippen LogP contribution >= 0.6 is 77.4 Å². The van der Waals surface area contributed by atoms with Gasteiger partial charge in [0.15, 0.2) is 10.5 Å². The van der Waals surface area contributed by atoms with E-state index in [0.717, 1.165) is 29.5 Å². The molecule has 3 aromatic carbocycles. The van der Waals surface area contributed by atoms with Crippen molar-refractivity contribution in [3.05, 3.63) is 126 Å². The third kappa shape index (κ3) is 7.01. The van der Waals surface area contributed by atoms with Gasteiger partial charge in [0.2, 0.25) is 0 Å². The summed E-state index contributed by atoms with van der Waals surface area (Å²) in [6.07, 6.45) is -3.43. The van der Waals surface area contributed by atoms with Crippen LogP contribution in [0.25, 0.3) is 6.08 Å². The highest BCUT2D eigenvalue weighted by molar-refractivity contribution is 14.1. The highest BCUT2D eigenvalue weighted by atomic mass is 127. The van der Waals surface area contributed by atoms with E-state index in [2.05, 4.69) is 59.4 Å². The number of thiazole rings is 1. The maximum atomic E-state index is 14.3. The molecule has 44 heavy (non-hydrogen) atoms. The quantitative estimate of drug-likeness (QED) is 0.141. The summed E-state index contributed by atoms with van der Waals surface area (Å²) < 4.78 is 57.5. The van der Waals surface area contributed by atoms with E-state index in [1.54, 1.807) is 18.2 Å². The van der Waals surface area contributed by atoms with E-state index in [1.807, 2.05) is 24.3 Å². The molecule has 0 amide bonds. The van der Waals surface area contributed by atoms with E-state index in [9.17, 15) is 22.8 Å². The van der Waals surface area contributed by atoms with Crippen molar-refractivity contribution in [1.82, 2.24) is 4.57 Å². The summed E-state index contributed by atoms with van der Waals surface area (Å²) in [5, 5.41) is 0.336. The Bertz CT molecular complexity index is 1940. The van der Waals surface area contributed by atoms with Crippen molar-refractivity contribution >= 4 is 89.4 Å². The Balaban J connectivity index is 1.61. The summed E-state index contributed by atoms with van der Waals surface area (Å²) in [7, 11) is 0. The van der Waals surface area contributed by atoms with Gasteiger partial charge in [0.1, 0.15) is 12.4 Å². The number of carbonyl (C=O) groups excluding carboxylic acids is 1. The second kappa shape index (κ2) is 13.5. The molecule has 1 aliphatic rings. The third-order valence-electron chi connectivity index (χ3n) is 6.40. The molecule has 0 radical (unpaired) electrons. The fourth-order valence-electron chi connectivity index (χ4n) is 4.49. The van der Waals surface area contributed by atoms with Crippen molar-refractivity contribution in [3.8, 4) is 5.75 Å². The molecule has 5 rings (SSSR count). The third-order valence-corrected chi connectivity index (χ3v) is 9.55. The van der Waals surface area contributed by atoms with Crippen LogP contribution in [0, 0.1) is 3.57 Å². The van der Waals surface area contributed by atoms with Crippen LogP contribution < -0.4 is 19.6 Å². The molecule has 1 atom stereocenters. The van der Waals surface area contributed by atoms with Crippen LogP contribution in [0.5, 0.6) is 5.75 Å². The molecule has 14 heteroatoms. The van der Waals surface area contributed by atoms with Crippen molar-refractivity contribution < 1.29 is 27.4 Å². The summed E-state index contributed by atoms with van der Waals surface area (Å²) in [4.78, 5) is 30.4. The summed E-state index contributed by atoms with van der Waals surface area (Å²) in [6, 6.07) is 15.7.